The molecule has 1 heterocycles. The molecular weight excluding hydrogens is 464 g/mol. The van der Waals surface area contributed by atoms with E-state index < -0.39 is 31.5 Å². The molecule has 1 aromatic heterocycles. The molecule has 0 aliphatic carbocycles. The highest BCUT2D eigenvalue weighted by Crippen LogP contribution is 2.43. The van der Waals surface area contributed by atoms with E-state index in [4.69, 9.17) is 0 Å². The molecule has 6 heteroatoms. The summed E-state index contributed by atoms with van der Waals surface area (Å²) in [5, 5.41) is 46.6. The van der Waals surface area contributed by atoms with Gasteiger partial charge in [0.25, 0.3) is 0 Å². The van der Waals surface area contributed by atoms with Gasteiger partial charge in [0.15, 0.2) is 0 Å². The molecule has 0 amide bonds. The molecule has 1 atom stereocenters. The van der Waals surface area contributed by atoms with Crippen molar-refractivity contribution in [3.05, 3.63) is 97.1 Å². The molecule has 5 aromatic rings. The summed E-state index contributed by atoms with van der Waals surface area (Å²) in [4.78, 5) is 0. The Labute approximate surface area is 216 Å². The van der Waals surface area contributed by atoms with Crippen LogP contribution >= 0.6 is 0 Å². The maximum absolute atomic E-state index is 11.2. The molecule has 5 rings (SSSR count). The van der Waals surface area contributed by atoms with Crippen molar-refractivity contribution in [2.75, 3.05) is 26.4 Å². The molecule has 0 saturated carbocycles. The molecule has 0 aliphatic heterocycles. The van der Waals surface area contributed by atoms with E-state index in [1.54, 1.807) is 0 Å². The van der Waals surface area contributed by atoms with Crippen molar-refractivity contribution in [3.8, 4) is 22.4 Å². The van der Waals surface area contributed by atoms with Gasteiger partial charge in [-0.05, 0) is 16.5 Å². The maximum atomic E-state index is 11.2. The number of benzene rings is 4. The van der Waals surface area contributed by atoms with Crippen LogP contribution in [0.1, 0.15) is 0 Å². The lowest BCUT2D eigenvalue weighted by Crippen LogP contribution is -2.56. The molecule has 0 fully saturated rings. The smallest absolute Gasteiger partial charge is 0.0882 e. The van der Waals surface area contributed by atoms with Crippen LogP contribution in [-0.4, -0.2) is 63.0 Å². The minimum absolute atomic E-state index is 0.0843. The van der Waals surface area contributed by atoms with Crippen LogP contribution in [0.25, 0.3) is 44.1 Å². The van der Waals surface area contributed by atoms with Crippen LogP contribution < -0.4 is 5.32 Å². The van der Waals surface area contributed by atoms with E-state index in [2.05, 4.69) is 58.4 Å². The van der Waals surface area contributed by atoms with Gasteiger partial charge in [-0.25, -0.2) is 0 Å². The van der Waals surface area contributed by atoms with Crippen LogP contribution in [0.15, 0.2) is 97.1 Å². The lowest BCUT2D eigenvalue weighted by Gasteiger charge is -2.30. The van der Waals surface area contributed by atoms with Gasteiger partial charge in [-0.1, -0.05) is 97.1 Å². The van der Waals surface area contributed by atoms with Crippen molar-refractivity contribution in [2.45, 2.75) is 18.2 Å². The minimum Gasteiger partial charge on any atom is -0.394 e. The predicted molar refractivity (Wildman–Crippen MR) is 148 cm³/mol. The fourth-order valence-corrected chi connectivity index (χ4v) is 5.03. The summed E-state index contributed by atoms with van der Waals surface area (Å²) >= 11 is 0. The van der Waals surface area contributed by atoms with Gasteiger partial charge < -0.3 is 30.3 Å². The van der Waals surface area contributed by atoms with Crippen molar-refractivity contribution < 1.29 is 20.4 Å². The lowest BCUT2D eigenvalue weighted by atomic mass is 9.97. The van der Waals surface area contributed by atoms with Gasteiger partial charge >= 0.3 is 0 Å². The van der Waals surface area contributed by atoms with Crippen LogP contribution in [0.4, 0.5) is 0 Å². The van der Waals surface area contributed by atoms with Gasteiger partial charge in [-0.15, -0.1) is 0 Å². The topological polar surface area (TPSA) is 97.9 Å². The Kier molecular flexibility index (Phi) is 7.37. The zero-order valence-electron chi connectivity index (χ0n) is 20.6. The number of nitrogens with one attached hydrogen (secondary N) is 1. The number of aliphatic hydroxyl groups is 4. The van der Waals surface area contributed by atoms with E-state index in [0.717, 1.165) is 44.1 Å². The van der Waals surface area contributed by atoms with Gasteiger partial charge in [0.05, 0.1) is 49.2 Å². The Hall–Kier alpha value is -3.52. The van der Waals surface area contributed by atoms with E-state index >= 15 is 0 Å². The van der Waals surface area contributed by atoms with E-state index in [-0.39, 0.29) is 13.1 Å². The molecule has 5 N–H and O–H groups in total. The molecule has 37 heavy (non-hydrogen) atoms. The van der Waals surface area contributed by atoms with E-state index in [1.807, 2.05) is 48.5 Å². The zero-order valence-corrected chi connectivity index (χ0v) is 20.6. The molecule has 0 saturated heterocycles. The van der Waals surface area contributed by atoms with Crippen LogP contribution in [0.3, 0.4) is 0 Å². The number of rotatable bonds is 10. The van der Waals surface area contributed by atoms with E-state index in [1.165, 1.54) is 0 Å². The number of β-amino-alcohol motifs (C(OH)–C–C–N with tert-alkyl or cyclic N) is 1. The standard InChI is InChI=1S/C31H32N2O4/c34-19-31(20-35,21-36)32-17-25(37)18-33-29(24-12-5-2-6-13-24)28(23-10-3-1-4-11-23)27-16-15-22-9-7-8-14-26(22)30(27)33/h1-16,25,32,34-37H,17-21H2/t25-/m1/s1. The lowest BCUT2D eigenvalue weighted by molar-refractivity contribution is 0.0308. The second kappa shape index (κ2) is 10.8. The van der Waals surface area contributed by atoms with Crippen LogP contribution in [0.5, 0.6) is 0 Å². The summed E-state index contributed by atoms with van der Waals surface area (Å²) in [6.45, 7) is -0.986. The van der Waals surface area contributed by atoms with Gasteiger partial charge in [-0.3, -0.25) is 0 Å². The molecule has 4 aromatic carbocycles. The van der Waals surface area contributed by atoms with Gasteiger partial charge in [0.2, 0.25) is 0 Å². The summed E-state index contributed by atoms with van der Waals surface area (Å²) in [5.74, 6) is 0. The van der Waals surface area contributed by atoms with Crippen LogP contribution in [-0.2, 0) is 6.54 Å². The number of hydrogen-bond acceptors (Lipinski definition) is 5. The molecular formula is C31H32N2O4. The van der Waals surface area contributed by atoms with Crippen molar-refractivity contribution >= 4 is 21.7 Å². The van der Waals surface area contributed by atoms with Gasteiger partial charge in [0.1, 0.15) is 0 Å². The Morgan fingerprint density at radius 2 is 1.27 bits per heavy atom. The molecule has 0 aliphatic rings. The molecule has 0 unspecified atom stereocenters. The van der Waals surface area contributed by atoms with Crippen molar-refractivity contribution in [2.24, 2.45) is 0 Å². The van der Waals surface area contributed by atoms with E-state index in [9.17, 15) is 20.4 Å². The number of hydrogen-bond donors (Lipinski definition) is 5. The normalized spacial score (nSPS) is 12.9. The fraction of sp³-hybridized carbons (Fsp3) is 0.226. The van der Waals surface area contributed by atoms with Gasteiger partial charge in [0, 0.05) is 22.9 Å². The Morgan fingerprint density at radius 1 is 0.676 bits per heavy atom. The Bertz CT molecular complexity index is 1470. The quantitative estimate of drug-likeness (QED) is 0.203. The Morgan fingerprint density at radius 3 is 1.92 bits per heavy atom. The highest BCUT2D eigenvalue weighted by Gasteiger charge is 2.29. The van der Waals surface area contributed by atoms with Crippen LogP contribution in [0, 0.1) is 0 Å². The fourth-order valence-electron chi connectivity index (χ4n) is 5.03. The molecule has 0 spiro atoms. The molecule has 6 nitrogen and oxygen atoms in total. The summed E-state index contributed by atoms with van der Waals surface area (Å²) in [6.07, 6.45) is -0.857. The monoisotopic (exact) mass is 496 g/mol. The van der Waals surface area contributed by atoms with Crippen LogP contribution in [0.2, 0.25) is 0 Å². The van der Waals surface area contributed by atoms with E-state index in [0.29, 0.717) is 0 Å². The predicted octanol–water partition coefficient (Wildman–Crippen LogP) is 3.79. The minimum atomic E-state index is -1.26. The third kappa shape index (κ3) is 4.78. The third-order valence-electron chi connectivity index (χ3n) is 7.07. The number of aromatic nitrogens is 1. The summed E-state index contributed by atoms with van der Waals surface area (Å²) in [6, 6.07) is 33.0. The third-order valence-corrected chi connectivity index (χ3v) is 7.07. The highest BCUT2D eigenvalue weighted by atomic mass is 16.3. The molecule has 0 radical (unpaired) electrons. The first-order valence-corrected chi connectivity index (χ1v) is 12.5. The second-order valence-corrected chi connectivity index (χ2v) is 9.54. The summed E-state index contributed by atoms with van der Waals surface area (Å²) in [5.41, 5.74) is 4.01. The summed E-state index contributed by atoms with van der Waals surface area (Å²) in [7, 11) is 0. The SMILES string of the molecule is OCC(CO)(CO)NC[C@@H](O)Cn1c(-c2ccccc2)c(-c2ccccc2)c2ccc3ccccc3c21. The number of fused-ring (bicyclic) bond motifs is 3. The van der Waals surface area contributed by atoms with Crippen molar-refractivity contribution in [1.29, 1.82) is 0 Å². The first-order valence-electron chi connectivity index (χ1n) is 12.5. The average Bonchev–Trinajstić information content (AvgIpc) is 3.29. The van der Waals surface area contributed by atoms with Crippen molar-refractivity contribution in [1.82, 2.24) is 9.88 Å². The number of aliphatic hydroxyl groups excluding tert-OH is 4. The first kappa shape index (κ1) is 25.1. The zero-order chi connectivity index (χ0) is 25.8. The second-order valence-electron chi connectivity index (χ2n) is 9.54. The highest BCUT2D eigenvalue weighted by molar-refractivity contribution is 6.15. The maximum Gasteiger partial charge on any atom is 0.0882 e. The number of nitrogens with zero attached hydrogens (tertiary/aromatic N) is 1. The first-order chi connectivity index (χ1) is 18.1. The Balaban J connectivity index is 1.72. The summed E-state index contributed by atoms with van der Waals surface area (Å²) < 4.78 is 2.18. The molecule has 190 valence electrons. The van der Waals surface area contributed by atoms with Crippen molar-refractivity contribution in [3.63, 3.8) is 0 Å². The average molecular weight is 497 g/mol. The van der Waals surface area contributed by atoms with Gasteiger partial charge in [-0.2, -0.15) is 0 Å². The molecule has 0 bridgehead atoms. The largest absolute Gasteiger partial charge is 0.394 e.